The van der Waals surface area contributed by atoms with E-state index in [1.165, 1.54) is 0 Å². The molecule has 4 nitrogen and oxygen atoms in total. The lowest BCUT2D eigenvalue weighted by molar-refractivity contribution is 0.412. The van der Waals surface area contributed by atoms with Gasteiger partial charge in [0.1, 0.15) is 17.1 Å². The second-order valence-electron chi connectivity index (χ2n) is 4.56. The van der Waals surface area contributed by atoms with Gasteiger partial charge in [-0.15, -0.1) is 0 Å². The molecule has 0 fully saturated rings. The van der Waals surface area contributed by atoms with Gasteiger partial charge in [-0.05, 0) is 24.3 Å². The largest absolute Gasteiger partial charge is 0.494 e. The summed E-state index contributed by atoms with van der Waals surface area (Å²) in [5.41, 5.74) is 9.16. The number of hydrogen-bond acceptors (Lipinski definition) is 3. The van der Waals surface area contributed by atoms with E-state index in [1.54, 1.807) is 18.0 Å². The third-order valence-corrected chi connectivity index (χ3v) is 3.44. The highest BCUT2D eigenvalue weighted by atomic mass is 35.5. The van der Waals surface area contributed by atoms with E-state index in [9.17, 15) is 0 Å². The van der Waals surface area contributed by atoms with Gasteiger partial charge in [-0.3, -0.25) is 0 Å². The number of nitrogen functional groups attached to an aromatic ring is 1. The average molecular weight is 300 g/mol. The van der Waals surface area contributed by atoms with Gasteiger partial charge in [-0.25, -0.2) is 4.68 Å². The predicted molar refractivity (Wildman–Crippen MR) is 85.0 cm³/mol. The van der Waals surface area contributed by atoms with E-state index in [0.29, 0.717) is 10.7 Å². The van der Waals surface area contributed by atoms with Crippen molar-refractivity contribution in [3.05, 3.63) is 59.8 Å². The fourth-order valence-corrected chi connectivity index (χ4v) is 2.29. The topological polar surface area (TPSA) is 53.1 Å². The molecule has 106 valence electrons. The highest BCUT2D eigenvalue weighted by molar-refractivity contribution is 6.30. The van der Waals surface area contributed by atoms with Crippen LogP contribution in [0.25, 0.3) is 16.9 Å². The molecule has 3 aromatic rings. The number of benzene rings is 2. The van der Waals surface area contributed by atoms with Gasteiger partial charge in [0.2, 0.25) is 0 Å². The maximum Gasteiger partial charge on any atom is 0.144 e. The maximum atomic E-state index is 6.08. The summed E-state index contributed by atoms with van der Waals surface area (Å²) in [5, 5.41) is 5.24. The molecule has 0 bridgehead atoms. The zero-order valence-electron chi connectivity index (χ0n) is 11.5. The first-order chi connectivity index (χ1) is 10.2. The van der Waals surface area contributed by atoms with Crippen LogP contribution in [0, 0.1) is 0 Å². The molecule has 2 aromatic carbocycles. The van der Waals surface area contributed by atoms with Crippen molar-refractivity contribution < 1.29 is 4.74 Å². The predicted octanol–water partition coefficient (Wildman–Crippen LogP) is 3.78. The first kappa shape index (κ1) is 13.5. The summed E-state index contributed by atoms with van der Waals surface area (Å²) in [5.74, 6) is 0.739. The number of aromatic nitrogens is 2. The van der Waals surface area contributed by atoms with Crippen molar-refractivity contribution in [1.29, 1.82) is 0 Å². The number of methoxy groups -OCH3 is 1. The molecule has 0 aliphatic rings. The van der Waals surface area contributed by atoms with Crippen molar-refractivity contribution in [3.8, 4) is 22.7 Å². The fraction of sp³-hybridized carbons (Fsp3) is 0.0625. The zero-order valence-corrected chi connectivity index (χ0v) is 12.2. The third-order valence-electron chi connectivity index (χ3n) is 3.19. The number of rotatable bonds is 3. The average Bonchev–Trinajstić information content (AvgIpc) is 2.90. The summed E-state index contributed by atoms with van der Waals surface area (Å²) in [6.45, 7) is 0. The number of para-hydroxylation sites is 2. The molecule has 21 heavy (non-hydrogen) atoms. The summed E-state index contributed by atoms with van der Waals surface area (Å²) in [6, 6.07) is 15.1. The molecular weight excluding hydrogens is 286 g/mol. The molecule has 0 amide bonds. The SMILES string of the molecule is COc1ccccc1-n1cc(N)c(-c2ccc(Cl)cc2)n1. The summed E-state index contributed by atoms with van der Waals surface area (Å²) in [7, 11) is 1.63. The molecule has 0 aliphatic heterocycles. The van der Waals surface area contributed by atoms with Crippen LogP contribution in [0.1, 0.15) is 0 Å². The molecular formula is C16H14ClN3O. The van der Waals surface area contributed by atoms with Gasteiger partial charge in [-0.2, -0.15) is 5.10 Å². The van der Waals surface area contributed by atoms with Gasteiger partial charge in [0.15, 0.2) is 0 Å². The van der Waals surface area contributed by atoms with Crippen LogP contribution in [-0.2, 0) is 0 Å². The van der Waals surface area contributed by atoms with Crippen LogP contribution in [0.3, 0.4) is 0 Å². The normalized spacial score (nSPS) is 10.6. The summed E-state index contributed by atoms with van der Waals surface area (Å²) in [6.07, 6.45) is 1.78. The van der Waals surface area contributed by atoms with Gasteiger partial charge < -0.3 is 10.5 Å². The lowest BCUT2D eigenvalue weighted by Gasteiger charge is -2.07. The van der Waals surface area contributed by atoms with Crippen molar-refractivity contribution in [2.45, 2.75) is 0 Å². The van der Waals surface area contributed by atoms with Crippen LogP contribution in [-0.4, -0.2) is 16.9 Å². The van der Waals surface area contributed by atoms with Crippen molar-refractivity contribution in [2.75, 3.05) is 12.8 Å². The Hall–Kier alpha value is -2.46. The number of nitrogens with zero attached hydrogens (tertiary/aromatic N) is 2. The number of anilines is 1. The van der Waals surface area contributed by atoms with Gasteiger partial charge in [-0.1, -0.05) is 35.9 Å². The van der Waals surface area contributed by atoms with Crippen LogP contribution in [0.5, 0.6) is 5.75 Å². The van der Waals surface area contributed by atoms with E-state index < -0.39 is 0 Å². The molecule has 0 atom stereocenters. The number of halogens is 1. The molecule has 0 aliphatic carbocycles. The summed E-state index contributed by atoms with van der Waals surface area (Å²) < 4.78 is 7.07. The van der Waals surface area contributed by atoms with Gasteiger partial charge >= 0.3 is 0 Å². The van der Waals surface area contributed by atoms with Crippen molar-refractivity contribution >= 4 is 17.3 Å². The van der Waals surface area contributed by atoms with Gasteiger partial charge in [0, 0.05) is 10.6 Å². The lowest BCUT2D eigenvalue weighted by Crippen LogP contribution is -1.98. The Morgan fingerprint density at radius 2 is 1.81 bits per heavy atom. The molecule has 1 aromatic heterocycles. The Kier molecular flexibility index (Phi) is 3.54. The number of ether oxygens (including phenoxy) is 1. The number of hydrogen-bond donors (Lipinski definition) is 1. The minimum atomic E-state index is 0.600. The van der Waals surface area contributed by atoms with E-state index in [1.807, 2.05) is 48.5 Å². The maximum absolute atomic E-state index is 6.08. The van der Waals surface area contributed by atoms with Crippen LogP contribution in [0.2, 0.25) is 5.02 Å². The fourth-order valence-electron chi connectivity index (χ4n) is 2.16. The lowest BCUT2D eigenvalue weighted by atomic mass is 10.1. The molecule has 0 saturated carbocycles. The Balaban J connectivity index is 2.07. The van der Waals surface area contributed by atoms with Crippen LogP contribution < -0.4 is 10.5 Å². The summed E-state index contributed by atoms with van der Waals surface area (Å²) in [4.78, 5) is 0. The standard InChI is InChI=1S/C16H14ClN3O/c1-21-15-5-3-2-4-14(15)20-10-13(18)16(19-20)11-6-8-12(17)9-7-11/h2-10H,18H2,1H3. The molecule has 3 rings (SSSR count). The Bertz CT molecular complexity index is 765. The van der Waals surface area contributed by atoms with Gasteiger partial charge in [0.05, 0.1) is 19.0 Å². The molecule has 2 N–H and O–H groups in total. The van der Waals surface area contributed by atoms with Crippen molar-refractivity contribution in [3.63, 3.8) is 0 Å². The smallest absolute Gasteiger partial charge is 0.144 e. The Morgan fingerprint density at radius 1 is 1.10 bits per heavy atom. The first-order valence-electron chi connectivity index (χ1n) is 6.43. The van der Waals surface area contributed by atoms with E-state index in [0.717, 1.165) is 22.7 Å². The quantitative estimate of drug-likeness (QED) is 0.800. The molecule has 5 heteroatoms. The van der Waals surface area contributed by atoms with Gasteiger partial charge in [0.25, 0.3) is 0 Å². The Labute approximate surface area is 127 Å². The monoisotopic (exact) mass is 299 g/mol. The third kappa shape index (κ3) is 2.58. The molecule has 0 radical (unpaired) electrons. The van der Waals surface area contributed by atoms with E-state index in [4.69, 9.17) is 22.1 Å². The van der Waals surface area contributed by atoms with Crippen molar-refractivity contribution in [2.24, 2.45) is 0 Å². The molecule has 0 unspecified atom stereocenters. The zero-order chi connectivity index (χ0) is 14.8. The highest BCUT2D eigenvalue weighted by Crippen LogP contribution is 2.29. The minimum Gasteiger partial charge on any atom is -0.494 e. The second kappa shape index (κ2) is 5.50. The highest BCUT2D eigenvalue weighted by Gasteiger charge is 2.12. The van der Waals surface area contributed by atoms with E-state index in [2.05, 4.69) is 5.10 Å². The molecule has 0 spiro atoms. The first-order valence-corrected chi connectivity index (χ1v) is 6.81. The molecule has 0 saturated heterocycles. The summed E-state index contributed by atoms with van der Waals surface area (Å²) >= 11 is 5.91. The van der Waals surface area contributed by atoms with Crippen molar-refractivity contribution in [1.82, 2.24) is 9.78 Å². The number of nitrogens with two attached hydrogens (primary N) is 1. The molecule has 1 heterocycles. The van der Waals surface area contributed by atoms with Crippen LogP contribution in [0.4, 0.5) is 5.69 Å². The van der Waals surface area contributed by atoms with E-state index >= 15 is 0 Å². The van der Waals surface area contributed by atoms with Crippen LogP contribution >= 0.6 is 11.6 Å². The van der Waals surface area contributed by atoms with E-state index in [-0.39, 0.29) is 0 Å². The minimum absolute atomic E-state index is 0.600. The van der Waals surface area contributed by atoms with Crippen LogP contribution in [0.15, 0.2) is 54.7 Å². The Morgan fingerprint density at radius 3 is 2.52 bits per heavy atom. The second-order valence-corrected chi connectivity index (χ2v) is 4.99.